The molecule has 1 unspecified atom stereocenters. The number of carboxylic acid groups (broad SMARTS) is 1. The van der Waals surface area contributed by atoms with E-state index < -0.39 is 22.9 Å². The van der Waals surface area contributed by atoms with Crippen molar-refractivity contribution < 1.29 is 38.0 Å². The fourth-order valence-electron chi connectivity index (χ4n) is 11.1. The maximum absolute atomic E-state index is 17.2. The lowest BCUT2D eigenvalue weighted by Crippen LogP contribution is -2.50. The van der Waals surface area contributed by atoms with E-state index in [4.69, 9.17) is 29.0 Å². The van der Waals surface area contributed by atoms with Crippen LogP contribution in [0.5, 0.6) is 11.6 Å². The molecule has 1 amide bonds. The van der Waals surface area contributed by atoms with Crippen molar-refractivity contribution in [1.29, 1.82) is 0 Å². The number of piperazine rings is 1. The second-order valence-corrected chi connectivity index (χ2v) is 21.0. The van der Waals surface area contributed by atoms with Crippen LogP contribution < -0.4 is 14.4 Å². The molecule has 0 radical (unpaired) electrons. The maximum atomic E-state index is 17.2. The number of carboxylic acids is 1. The number of aromatic carboxylic acids is 1. The molecule has 1 aliphatic carbocycles. The van der Waals surface area contributed by atoms with Crippen LogP contribution in [0.15, 0.2) is 140 Å². The second-order valence-electron chi connectivity index (χ2n) is 21.0. The van der Waals surface area contributed by atoms with Gasteiger partial charge in [0.25, 0.3) is 0 Å². The van der Waals surface area contributed by atoms with E-state index in [1.54, 1.807) is 31.4 Å². The summed E-state index contributed by atoms with van der Waals surface area (Å²) in [5.74, 6) is -0.513. The molecular formula is C61H60FN5O7. The molecule has 3 fully saturated rings. The zero-order valence-electron chi connectivity index (χ0n) is 42.5. The third-order valence-corrected chi connectivity index (χ3v) is 14.9. The third-order valence-electron chi connectivity index (χ3n) is 14.9. The normalized spacial score (nSPS) is 17.0. The molecule has 1 saturated carbocycles. The van der Waals surface area contributed by atoms with Crippen LogP contribution in [0.25, 0.3) is 32.9 Å². The van der Waals surface area contributed by atoms with Crippen LogP contribution in [0.3, 0.4) is 0 Å². The van der Waals surface area contributed by atoms with Gasteiger partial charge in [0, 0.05) is 66.5 Å². The molecule has 1 N–H and O–H groups in total. The number of nitrogens with zero attached hydrogens (tertiary/aromatic N) is 5. The molecular weight excluding hydrogens is 934 g/mol. The number of aromatic nitrogens is 3. The van der Waals surface area contributed by atoms with Crippen molar-refractivity contribution in [1.82, 2.24) is 19.7 Å². The van der Waals surface area contributed by atoms with Crippen molar-refractivity contribution in [3.8, 4) is 22.8 Å². The lowest BCUT2D eigenvalue weighted by atomic mass is 9.77. The second kappa shape index (κ2) is 19.3. The number of hydrogen-bond acceptors (Lipinski definition) is 9. The topological polar surface area (TPSA) is 128 Å². The summed E-state index contributed by atoms with van der Waals surface area (Å²) in [5.41, 5.74) is 6.88. The molecule has 8 aromatic rings. The lowest BCUT2D eigenvalue weighted by molar-refractivity contribution is 0.0214. The van der Waals surface area contributed by atoms with Gasteiger partial charge in [0.05, 0.1) is 28.9 Å². The molecule has 378 valence electrons. The zero-order chi connectivity index (χ0) is 51.5. The third kappa shape index (κ3) is 8.86. The number of likely N-dealkylation sites (tertiary alicyclic amines) is 1. The van der Waals surface area contributed by atoms with E-state index in [0.717, 1.165) is 63.5 Å². The van der Waals surface area contributed by atoms with Crippen LogP contribution in [0, 0.1) is 12.7 Å². The molecule has 2 aliphatic heterocycles. The number of rotatable bonds is 15. The smallest absolute Gasteiger partial charge is 0.410 e. The van der Waals surface area contributed by atoms with Gasteiger partial charge in [-0.1, -0.05) is 103 Å². The Morgan fingerprint density at radius 1 is 0.797 bits per heavy atom. The van der Waals surface area contributed by atoms with Crippen LogP contribution in [-0.2, 0) is 21.6 Å². The van der Waals surface area contributed by atoms with Crippen molar-refractivity contribution in [2.24, 2.45) is 0 Å². The molecule has 13 heteroatoms. The minimum Gasteiger partial charge on any atom is -0.486 e. The molecule has 12 nitrogen and oxygen atoms in total. The van der Waals surface area contributed by atoms with Gasteiger partial charge in [0.15, 0.2) is 5.75 Å². The van der Waals surface area contributed by atoms with Gasteiger partial charge in [-0.2, -0.15) is 5.10 Å². The van der Waals surface area contributed by atoms with Gasteiger partial charge in [-0.3, -0.25) is 4.68 Å². The number of pyridine rings is 1. The predicted octanol–water partition coefficient (Wildman–Crippen LogP) is 12.3. The fraction of sp³-hybridized carbons (Fsp3) is 0.311. The molecule has 74 heavy (non-hydrogen) atoms. The van der Waals surface area contributed by atoms with E-state index in [0.29, 0.717) is 52.4 Å². The Hall–Kier alpha value is -7.77. The highest BCUT2D eigenvalue weighted by molar-refractivity contribution is 6.07. The Kier molecular flexibility index (Phi) is 12.6. The number of carbonyl (C=O) groups excluding carboxylic acids is 1. The summed E-state index contributed by atoms with van der Waals surface area (Å²) in [4.78, 5) is 35.0. The first-order valence-electron chi connectivity index (χ1n) is 25.5. The Morgan fingerprint density at radius 2 is 1.43 bits per heavy atom. The zero-order valence-corrected chi connectivity index (χ0v) is 42.5. The Balaban J connectivity index is 1.17. The molecule has 3 aliphatic rings. The van der Waals surface area contributed by atoms with Gasteiger partial charge in [-0.25, -0.2) is 19.0 Å². The minimum atomic E-state index is -1.03. The van der Waals surface area contributed by atoms with Crippen molar-refractivity contribution >= 4 is 39.6 Å². The number of carbonyl (C=O) groups is 2. The van der Waals surface area contributed by atoms with E-state index in [-0.39, 0.29) is 49.0 Å². The minimum absolute atomic E-state index is 0.0138. The van der Waals surface area contributed by atoms with Crippen molar-refractivity contribution in [3.63, 3.8) is 0 Å². The van der Waals surface area contributed by atoms with Crippen LogP contribution >= 0.6 is 0 Å². The molecule has 4 heterocycles. The van der Waals surface area contributed by atoms with E-state index in [9.17, 15) is 14.7 Å². The van der Waals surface area contributed by atoms with Gasteiger partial charge in [-0.05, 0) is 111 Å². The standard InChI is InChI=1S/C61H60FN5O7/c1-37(71-6)35-72-53-31-52(65-32-46-28-45(65)33-66(46)59(70)74-60(3,4)5)48-29-47(40-26-27-40)55(57(56(48)63-53)73-36-39-22-24-41(25-23-39)58(68)69)54-38(2)50(62)30-51-49(54)34-67(64-51)61(42-16-10-7-11-17-42,43-18-12-8-13-19-43)44-20-14-9-15-21-44/h7-25,29-31,34,37,40,45-46H,26-28,32-33,35-36H2,1-6H3,(H,68,69)/t37?,45-,46-/m0/s1. The van der Waals surface area contributed by atoms with Gasteiger partial charge in [0.1, 0.15) is 35.7 Å². The number of halogens is 1. The number of ether oxygens (including phenoxy) is 4. The largest absolute Gasteiger partial charge is 0.486 e. The molecule has 2 saturated heterocycles. The van der Waals surface area contributed by atoms with E-state index in [2.05, 4.69) is 53.6 Å². The van der Waals surface area contributed by atoms with Crippen LogP contribution in [-0.4, -0.2) is 87.4 Å². The maximum Gasteiger partial charge on any atom is 0.410 e. The average molecular weight is 994 g/mol. The molecule has 0 spiro atoms. The van der Waals surface area contributed by atoms with E-state index >= 15 is 4.39 Å². The van der Waals surface area contributed by atoms with Gasteiger partial charge in [-0.15, -0.1) is 0 Å². The van der Waals surface area contributed by atoms with Crippen LogP contribution in [0.1, 0.15) is 96.6 Å². The summed E-state index contributed by atoms with van der Waals surface area (Å²) in [6.45, 7) is 10.7. The summed E-state index contributed by atoms with van der Waals surface area (Å²) in [6.07, 6.45) is 4.10. The van der Waals surface area contributed by atoms with Crippen molar-refractivity contribution in [2.45, 2.75) is 95.7 Å². The first kappa shape index (κ1) is 48.5. The molecule has 6 aromatic carbocycles. The number of anilines is 1. The summed E-state index contributed by atoms with van der Waals surface area (Å²) >= 11 is 0. The number of amides is 1. The summed E-state index contributed by atoms with van der Waals surface area (Å²) < 4.78 is 44.3. The molecule has 2 bridgehead atoms. The number of methoxy groups -OCH3 is 1. The average Bonchev–Trinajstić information content (AvgIpc) is 3.85. The van der Waals surface area contributed by atoms with Crippen molar-refractivity contribution in [2.75, 3.05) is 31.7 Å². The van der Waals surface area contributed by atoms with Crippen molar-refractivity contribution in [3.05, 3.63) is 184 Å². The van der Waals surface area contributed by atoms with E-state index in [1.165, 1.54) is 6.07 Å². The molecule has 11 rings (SSSR count). The number of benzene rings is 6. The van der Waals surface area contributed by atoms with Gasteiger partial charge in [0.2, 0.25) is 5.88 Å². The fourth-order valence-corrected chi connectivity index (χ4v) is 11.1. The summed E-state index contributed by atoms with van der Waals surface area (Å²) in [5, 5.41) is 16.7. The highest BCUT2D eigenvalue weighted by Crippen LogP contribution is 2.55. The lowest BCUT2D eigenvalue weighted by Gasteiger charge is -2.37. The highest BCUT2D eigenvalue weighted by Gasteiger charge is 2.48. The first-order chi connectivity index (χ1) is 35.7. The molecule has 3 atom stereocenters. The Labute approximate surface area is 430 Å². The number of fused-ring (bicyclic) bond motifs is 4. The monoisotopic (exact) mass is 993 g/mol. The SMILES string of the molecule is COC(C)COc1cc(N2C[C@@H]3C[C@H]2CN3C(=O)OC(C)(C)C)c2cc(C3CC3)c(-c3c(C)c(F)cc4nn(C(c5ccccc5)(c5ccccc5)c5ccccc5)cc34)c(OCc3ccc(C(=O)O)cc3)c2n1. The Morgan fingerprint density at radius 3 is 1.99 bits per heavy atom. The van der Waals surface area contributed by atoms with Gasteiger partial charge >= 0.3 is 12.1 Å². The summed E-state index contributed by atoms with van der Waals surface area (Å²) in [6, 6.07) is 43.1. The summed E-state index contributed by atoms with van der Waals surface area (Å²) in [7, 11) is 1.64. The predicted molar refractivity (Wildman–Crippen MR) is 284 cm³/mol. The number of hydrogen-bond donors (Lipinski definition) is 1. The van der Waals surface area contributed by atoms with Crippen LogP contribution in [0.4, 0.5) is 14.9 Å². The molecule has 2 aromatic heterocycles. The van der Waals surface area contributed by atoms with Crippen LogP contribution in [0.2, 0.25) is 0 Å². The van der Waals surface area contributed by atoms with Gasteiger partial charge < -0.3 is 33.9 Å². The Bertz CT molecular complexity index is 3300. The van der Waals surface area contributed by atoms with E-state index in [1.807, 2.05) is 105 Å². The first-order valence-corrected chi connectivity index (χ1v) is 25.5. The quantitative estimate of drug-likeness (QED) is 0.0991. The highest BCUT2D eigenvalue weighted by atomic mass is 19.1.